The predicted molar refractivity (Wildman–Crippen MR) is 56.0 cm³/mol. The average Bonchev–Trinajstić information content (AvgIpc) is 2.20. The van der Waals surface area contributed by atoms with Crippen LogP contribution in [-0.2, 0) is 0 Å². The molecule has 1 N–H and O–H groups in total. The first-order valence-corrected chi connectivity index (χ1v) is 4.48. The molecule has 0 aliphatic carbocycles. The number of aryl methyl sites for hydroxylation is 1. The number of hydrogen-bond donors (Lipinski definition) is 1. The van der Waals surface area contributed by atoms with Gasteiger partial charge in [0.1, 0.15) is 5.56 Å². The van der Waals surface area contributed by atoms with E-state index in [4.69, 9.17) is 14.6 Å². The Morgan fingerprint density at radius 1 is 1.20 bits per heavy atom. The van der Waals surface area contributed by atoms with Gasteiger partial charge in [-0.2, -0.15) is 0 Å². The van der Waals surface area contributed by atoms with Crippen molar-refractivity contribution in [1.29, 1.82) is 0 Å². The zero-order chi connectivity index (χ0) is 11.6. The lowest BCUT2D eigenvalue weighted by Gasteiger charge is -2.14. The molecular formula is C11H14O4. The quantitative estimate of drug-likeness (QED) is 0.829. The molecule has 1 rings (SSSR count). The third-order valence-corrected chi connectivity index (χ3v) is 2.38. The van der Waals surface area contributed by atoms with Crippen LogP contribution in [0.2, 0.25) is 0 Å². The molecule has 0 amide bonds. The van der Waals surface area contributed by atoms with Crippen LogP contribution in [0.5, 0.6) is 11.5 Å². The van der Waals surface area contributed by atoms with Crippen LogP contribution in [-0.4, -0.2) is 25.3 Å². The van der Waals surface area contributed by atoms with Crippen LogP contribution in [0.4, 0.5) is 0 Å². The van der Waals surface area contributed by atoms with Crippen molar-refractivity contribution in [3.8, 4) is 11.5 Å². The lowest BCUT2D eigenvalue weighted by atomic mass is 10.0. The molecule has 0 aliphatic rings. The molecular weight excluding hydrogens is 196 g/mol. The average molecular weight is 210 g/mol. The molecule has 82 valence electrons. The van der Waals surface area contributed by atoms with Crippen LogP contribution >= 0.6 is 0 Å². The number of carboxylic acid groups (broad SMARTS) is 1. The van der Waals surface area contributed by atoms with Gasteiger partial charge in [-0.3, -0.25) is 0 Å². The smallest absolute Gasteiger partial charge is 0.339 e. The standard InChI is InChI=1S/C11H14O4/c1-6-5-8(11(12)13)10(15-4)9(14-3)7(6)2/h5H,1-4H3,(H,12,13). The summed E-state index contributed by atoms with van der Waals surface area (Å²) in [4.78, 5) is 11.0. The lowest BCUT2D eigenvalue weighted by molar-refractivity contribution is 0.0692. The van der Waals surface area contributed by atoms with Crippen LogP contribution in [0.15, 0.2) is 6.07 Å². The Bertz CT molecular complexity index is 396. The van der Waals surface area contributed by atoms with E-state index in [0.717, 1.165) is 11.1 Å². The molecule has 4 heteroatoms. The summed E-state index contributed by atoms with van der Waals surface area (Å²) in [6.45, 7) is 3.70. The van der Waals surface area contributed by atoms with Crippen LogP contribution in [0.1, 0.15) is 21.5 Å². The fourth-order valence-corrected chi connectivity index (χ4v) is 1.47. The van der Waals surface area contributed by atoms with E-state index in [1.807, 2.05) is 13.8 Å². The fourth-order valence-electron chi connectivity index (χ4n) is 1.47. The highest BCUT2D eigenvalue weighted by molar-refractivity contribution is 5.92. The largest absolute Gasteiger partial charge is 0.493 e. The molecule has 0 fully saturated rings. The molecule has 0 radical (unpaired) electrons. The van der Waals surface area contributed by atoms with Gasteiger partial charge in [0, 0.05) is 0 Å². The third-order valence-electron chi connectivity index (χ3n) is 2.38. The van der Waals surface area contributed by atoms with Gasteiger partial charge in [-0.05, 0) is 31.0 Å². The van der Waals surface area contributed by atoms with Gasteiger partial charge in [0.2, 0.25) is 0 Å². The minimum atomic E-state index is -1.02. The molecule has 0 heterocycles. The zero-order valence-electron chi connectivity index (χ0n) is 9.25. The summed E-state index contributed by atoms with van der Waals surface area (Å²) >= 11 is 0. The molecule has 0 aliphatic heterocycles. The maximum atomic E-state index is 11.0. The summed E-state index contributed by atoms with van der Waals surface area (Å²) in [6.07, 6.45) is 0. The monoisotopic (exact) mass is 210 g/mol. The van der Waals surface area contributed by atoms with Gasteiger partial charge in [0.25, 0.3) is 0 Å². The second kappa shape index (κ2) is 4.21. The highest BCUT2D eigenvalue weighted by Gasteiger charge is 2.19. The summed E-state index contributed by atoms with van der Waals surface area (Å²) in [5, 5.41) is 9.00. The second-order valence-electron chi connectivity index (χ2n) is 3.24. The van der Waals surface area contributed by atoms with Crippen LogP contribution in [0.3, 0.4) is 0 Å². The van der Waals surface area contributed by atoms with Crippen molar-refractivity contribution < 1.29 is 19.4 Å². The number of ether oxygens (including phenoxy) is 2. The van der Waals surface area contributed by atoms with E-state index in [1.165, 1.54) is 14.2 Å². The summed E-state index contributed by atoms with van der Waals surface area (Å²) < 4.78 is 10.2. The molecule has 0 bridgehead atoms. The third kappa shape index (κ3) is 1.88. The van der Waals surface area contributed by atoms with Crippen LogP contribution in [0.25, 0.3) is 0 Å². The molecule has 1 aromatic carbocycles. The molecule has 4 nitrogen and oxygen atoms in total. The van der Waals surface area contributed by atoms with E-state index in [9.17, 15) is 4.79 Å². The van der Waals surface area contributed by atoms with Crippen molar-refractivity contribution in [3.63, 3.8) is 0 Å². The molecule has 1 aromatic rings. The van der Waals surface area contributed by atoms with Crippen molar-refractivity contribution in [1.82, 2.24) is 0 Å². The maximum Gasteiger partial charge on any atom is 0.339 e. The van der Waals surface area contributed by atoms with Gasteiger partial charge < -0.3 is 14.6 Å². The van der Waals surface area contributed by atoms with E-state index in [-0.39, 0.29) is 11.3 Å². The minimum Gasteiger partial charge on any atom is -0.493 e. The molecule has 0 atom stereocenters. The van der Waals surface area contributed by atoms with Crippen molar-refractivity contribution in [2.45, 2.75) is 13.8 Å². The number of methoxy groups -OCH3 is 2. The first-order valence-electron chi connectivity index (χ1n) is 4.48. The first kappa shape index (κ1) is 11.4. The van der Waals surface area contributed by atoms with Crippen LogP contribution in [0, 0.1) is 13.8 Å². The maximum absolute atomic E-state index is 11.0. The number of benzene rings is 1. The number of aromatic carboxylic acids is 1. The van der Waals surface area contributed by atoms with E-state index < -0.39 is 5.97 Å². The van der Waals surface area contributed by atoms with Gasteiger partial charge in [-0.1, -0.05) is 0 Å². The fraction of sp³-hybridized carbons (Fsp3) is 0.364. The number of hydrogen-bond acceptors (Lipinski definition) is 3. The normalized spacial score (nSPS) is 9.87. The topological polar surface area (TPSA) is 55.8 Å². The zero-order valence-corrected chi connectivity index (χ0v) is 9.25. The Balaban J connectivity index is 3.54. The summed E-state index contributed by atoms with van der Waals surface area (Å²) in [5.74, 6) is -0.267. The molecule has 0 spiro atoms. The molecule has 0 unspecified atom stereocenters. The van der Waals surface area contributed by atoms with Crippen molar-refractivity contribution in [3.05, 3.63) is 22.8 Å². The Morgan fingerprint density at radius 3 is 2.13 bits per heavy atom. The van der Waals surface area contributed by atoms with Gasteiger partial charge in [0.15, 0.2) is 11.5 Å². The Kier molecular flexibility index (Phi) is 3.19. The Morgan fingerprint density at radius 2 is 1.73 bits per heavy atom. The Labute approximate surface area is 88.4 Å². The van der Waals surface area contributed by atoms with Gasteiger partial charge in [0.05, 0.1) is 14.2 Å². The van der Waals surface area contributed by atoms with Crippen molar-refractivity contribution in [2.24, 2.45) is 0 Å². The van der Waals surface area contributed by atoms with E-state index in [1.54, 1.807) is 6.07 Å². The first-order chi connectivity index (χ1) is 7.02. The van der Waals surface area contributed by atoms with Crippen molar-refractivity contribution >= 4 is 5.97 Å². The second-order valence-corrected chi connectivity index (χ2v) is 3.24. The van der Waals surface area contributed by atoms with Gasteiger partial charge >= 0.3 is 5.97 Å². The van der Waals surface area contributed by atoms with E-state index in [0.29, 0.717) is 5.75 Å². The molecule has 0 aromatic heterocycles. The molecule has 0 saturated heterocycles. The van der Waals surface area contributed by atoms with E-state index >= 15 is 0 Å². The molecule has 15 heavy (non-hydrogen) atoms. The van der Waals surface area contributed by atoms with Crippen molar-refractivity contribution in [2.75, 3.05) is 14.2 Å². The minimum absolute atomic E-state index is 0.123. The summed E-state index contributed by atoms with van der Waals surface area (Å²) in [7, 11) is 2.93. The summed E-state index contributed by atoms with van der Waals surface area (Å²) in [6, 6.07) is 1.58. The summed E-state index contributed by atoms with van der Waals surface area (Å²) in [5.41, 5.74) is 1.88. The number of carbonyl (C=O) groups is 1. The lowest BCUT2D eigenvalue weighted by Crippen LogP contribution is -2.05. The highest BCUT2D eigenvalue weighted by atomic mass is 16.5. The van der Waals surface area contributed by atoms with E-state index in [2.05, 4.69) is 0 Å². The Hall–Kier alpha value is -1.71. The number of carboxylic acids is 1. The number of rotatable bonds is 3. The highest BCUT2D eigenvalue weighted by Crippen LogP contribution is 2.36. The SMILES string of the molecule is COc1c(C(=O)O)cc(C)c(C)c1OC. The predicted octanol–water partition coefficient (Wildman–Crippen LogP) is 2.02. The van der Waals surface area contributed by atoms with Gasteiger partial charge in [-0.15, -0.1) is 0 Å². The molecule has 0 saturated carbocycles. The van der Waals surface area contributed by atoms with Crippen LogP contribution < -0.4 is 9.47 Å². The van der Waals surface area contributed by atoms with Gasteiger partial charge in [-0.25, -0.2) is 4.79 Å².